The molecule has 1 aromatic heterocycles. The summed E-state index contributed by atoms with van der Waals surface area (Å²) in [7, 11) is 1.56. The molecule has 0 unspecified atom stereocenters. The number of nitrogens with zero attached hydrogens (tertiary/aromatic N) is 5. The van der Waals surface area contributed by atoms with E-state index >= 15 is 0 Å². The zero-order valence-corrected chi connectivity index (χ0v) is 15.9. The number of hydrogen-bond acceptors (Lipinski definition) is 8. The van der Waals surface area contributed by atoms with Crippen LogP contribution in [0.2, 0.25) is 0 Å². The van der Waals surface area contributed by atoms with E-state index in [0.29, 0.717) is 10.9 Å². The van der Waals surface area contributed by atoms with E-state index in [2.05, 4.69) is 15.5 Å². The van der Waals surface area contributed by atoms with E-state index in [1.54, 1.807) is 17.7 Å². The van der Waals surface area contributed by atoms with Gasteiger partial charge in [-0.2, -0.15) is 5.26 Å². The fourth-order valence-corrected chi connectivity index (χ4v) is 3.20. The number of carbonyl (C=O) groups is 1. The standard InChI is InChI=1S/C18H14N6O4S/c1-28-16-5-3-2-4-15(16)23-11-20-22-18(23)29-10-17(25)21-14-7-6-13(24(26)27)8-12(14)9-19/h2-8,11H,10H2,1H3,(H,21,25). The number of ether oxygens (including phenoxy) is 1. The molecule has 1 amide bonds. The number of non-ortho nitro benzene ring substituents is 1. The van der Waals surface area contributed by atoms with Crippen LogP contribution in [-0.4, -0.2) is 38.5 Å². The lowest BCUT2D eigenvalue weighted by molar-refractivity contribution is -0.384. The number of nitro benzene ring substituents is 1. The van der Waals surface area contributed by atoms with Crippen LogP contribution in [0.25, 0.3) is 5.69 Å². The number of thioether (sulfide) groups is 1. The number of carbonyl (C=O) groups excluding carboxylic acids is 1. The predicted octanol–water partition coefficient (Wildman–Crippen LogP) is 2.79. The molecule has 11 heteroatoms. The van der Waals surface area contributed by atoms with Crippen LogP contribution in [0.5, 0.6) is 5.75 Å². The third-order valence-electron chi connectivity index (χ3n) is 3.80. The summed E-state index contributed by atoms with van der Waals surface area (Å²) >= 11 is 1.15. The van der Waals surface area contributed by atoms with Crippen LogP contribution in [-0.2, 0) is 4.79 Å². The summed E-state index contributed by atoms with van der Waals surface area (Å²) in [4.78, 5) is 22.5. The number of nitrogens with one attached hydrogen (secondary N) is 1. The average molecular weight is 410 g/mol. The molecule has 10 nitrogen and oxygen atoms in total. The highest BCUT2D eigenvalue weighted by atomic mass is 32.2. The molecular weight excluding hydrogens is 396 g/mol. The average Bonchev–Trinajstić information content (AvgIpc) is 3.20. The lowest BCUT2D eigenvalue weighted by Gasteiger charge is -2.11. The predicted molar refractivity (Wildman–Crippen MR) is 105 cm³/mol. The summed E-state index contributed by atoms with van der Waals surface area (Å²) in [6, 6.07) is 12.8. The van der Waals surface area contributed by atoms with Crippen LogP contribution >= 0.6 is 11.8 Å². The van der Waals surface area contributed by atoms with Crippen molar-refractivity contribution in [3.8, 4) is 17.5 Å². The quantitative estimate of drug-likeness (QED) is 0.357. The van der Waals surface area contributed by atoms with Crippen molar-refractivity contribution in [2.45, 2.75) is 5.16 Å². The number of hydrogen-bond donors (Lipinski definition) is 1. The van der Waals surface area contributed by atoms with Gasteiger partial charge in [0.25, 0.3) is 5.69 Å². The van der Waals surface area contributed by atoms with Crippen molar-refractivity contribution in [1.29, 1.82) is 5.26 Å². The van der Waals surface area contributed by atoms with Crippen molar-refractivity contribution in [3.05, 3.63) is 64.5 Å². The molecular formula is C18H14N6O4S. The summed E-state index contributed by atoms with van der Waals surface area (Å²) in [5.41, 5.74) is 0.716. The van der Waals surface area contributed by atoms with Crippen molar-refractivity contribution in [2.75, 3.05) is 18.2 Å². The molecule has 0 aliphatic carbocycles. The van der Waals surface area contributed by atoms with Gasteiger partial charge in [0.15, 0.2) is 5.16 Å². The van der Waals surface area contributed by atoms with Crippen molar-refractivity contribution in [1.82, 2.24) is 14.8 Å². The van der Waals surface area contributed by atoms with E-state index in [4.69, 9.17) is 10.00 Å². The van der Waals surface area contributed by atoms with Gasteiger partial charge in [0.2, 0.25) is 5.91 Å². The van der Waals surface area contributed by atoms with E-state index < -0.39 is 10.8 Å². The normalized spacial score (nSPS) is 10.2. The van der Waals surface area contributed by atoms with Gasteiger partial charge >= 0.3 is 0 Å². The third-order valence-corrected chi connectivity index (χ3v) is 4.75. The second-order valence-corrected chi connectivity index (χ2v) is 6.53. The second kappa shape index (κ2) is 8.85. The minimum atomic E-state index is -0.604. The van der Waals surface area contributed by atoms with Crippen LogP contribution in [0, 0.1) is 21.4 Å². The first-order valence-corrected chi connectivity index (χ1v) is 9.16. The molecule has 3 rings (SSSR count). The molecule has 0 aliphatic rings. The van der Waals surface area contributed by atoms with Crippen molar-refractivity contribution in [3.63, 3.8) is 0 Å². The molecule has 0 saturated carbocycles. The van der Waals surface area contributed by atoms with Crippen LogP contribution < -0.4 is 10.1 Å². The number of nitriles is 1. The Kier molecular flexibility index (Phi) is 6.06. The van der Waals surface area contributed by atoms with E-state index in [9.17, 15) is 14.9 Å². The van der Waals surface area contributed by atoms with Crippen LogP contribution in [0.1, 0.15) is 5.56 Å². The first kappa shape index (κ1) is 19.8. The molecule has 0 radical (unpaired) electrons. The van der Waals surface area contributed by atoms with E-state index in [1.807, 2.05) is 24.3 Å². The van der Waals surface area contributed by atoms with Crippen molar-refractivity contribution in [2.24, 2.45) is 0 Å². The maximum atomic E-state index is 12.3. The Morgan fingerprint density at radius 2 is 2.17 bits per heavy atom. The monoisotopic (exact) mass is 410 g/mol. The summed E-state index contributed by atoms with van der Waals surface area (Å²) in [5, 5.41) is 31.0. The Morgan fingerprint density at radius 3 is 2.90 bits per heavy atom. The highest BCUT2D eigenvalue weighted by molar-refractivity contribution is 7.99. The van der Waals surface area contributed by atoms with Crippen molar-refractivity contribution < 1.29 is 14.5 Å². The van der Waals surface area contributed by atoms with Gasteiger partial charge in [-0.1, -0.05) is 23.9 Å². The van der Waals surface area contributed by atoms with Gasteiger partial charge in [-0.25, -0.2) is 0 Å². The molecule has 29 heavy (non-hydrogen) atoms. The Balaban J connectivity index is 1.71. The number of aromatic nitrogens is 3. The fourth-order valence-electron chi connectivity index (χ4n) is 2.48. The largest absolute Gasteiger partial charge is 0.495 e. The van der Waals surface area contributed by atoms with E-state index in [0.717, 1.165) is 23.5 Å². The summed E-state index contributed by atoms with van der Waals surface area (Å²) < 4.78 is 7.03. The topological polar surface area (TPSA) is 136 Å². The van der Waals surface area contributed by atoms with Crippen LogP contribution in [0.3, 0.4) is 0 Å². The Hall–Kier alpha value is -3.91. The third kappa shape index (κ3) is 4.50. The number of methoxy groups -OCH3 is 1. The summed E-state index contributed by atoms with van der Waals surface area (Å²) in [6.45, 7) is 0. The minimum absolute atomic E-state index is 0.00427. The molecule has 0 saturated heterocycles. The number of anilines is 1. The van der Waals surface area contributed by atoms with E-state index in [-0.39, 0.29) is 22.7 Å². The smallest absolute Gasteiger partial charge is 0.270 e. The van der Waals surface area contributed by atoms with Gasteiger partial charge in [0, 0.05) is 12.1 Å². The molecule has 1 heterocycles. The van der Waals surface area contributed by atoms with Gasteiger partial charge in [-0.15, -0.1) is 10.2 Å². The number of rotatable bonds is 7. The van der Waals surface area contributed by atoms with Gasteiger partial charge in [0.05, 0.1) is 34.7 Å². The molecule has 0 atom stereocenters. The molecule has 0 fully saturated rings. The maximum absolute atomic E-state index is 12.3. The Bertz CT molecular complexity index is 1110. The van der Waals surface area contributed by atoms with Gasteiger partial charge in [0.1, 0.15) is 18.1 Å². The first-order chi connectivity index (χ1) is 14.0. The van der Waals surface area contributed by atoms with Crippen LogP contribution in [0.15, 0.2) is 53.9 Å². The molecule has 2 aromatic carbocycles. The first-order valence-electron chi connectivity index (χ1n) is 8.18. The lowest BCUT2D eigenvalue weighted by Crippen LogP contribution is -2.15. The molecule has 0 bridgehead atoms. The minimum Gasteiger partial charge on any atom is -0.495 e. The molecule has 0 spiro atoms. The molecule has 3 aromatic rings. The Morgan fingerprint density at radius 1 is 1.38 bits per heavy atom. The molecule has 146 valence electrons. The van der Waals surface area contributed by atoms with Crippen LogP contribution in [0.4, 0.5) is 11.4 Å². The summed E-state index contributed by atoms with van der Waals surface area (Å²) in [6.07, 6.45) is 1.52. The second-order valence-electron chi connectivity index (χ2n) is 5.59. The summed E-state index contributed by atoms with van der Waals surface area (Å²) in [5.74, 6) is 0.230. The number of benzene rings is 2. The molecule has 0 aliphatic heterocycles. The highest BCUT2D eigenvalue weighted by Gasteiger charge is 2.15. The fraction of sp³-hybridized carbons (Fsp3) is 0.111. The van der Waals surface area contributed by atoms with Gasteiger partial charge in [-0.05, 0) is 18.2 Å². The van der Waals surface area contributed by atoms with Crippen molar-refractivity contribution >= 4 is 29.0 Å². The lowest BCUT2D eigenvalue weighted by atomic mass is 10.1. The number of nitro groups is 1. The van der Waals surface area contributed by atoms with E-state index in [1.165, 1.54) is 18.5 Å². The van der Waals surface area contributed by atoms with Gasteiger partial charge in [-0.3, -0.25) is 19.5 Å². The zero-order valence-electron chi connectivity index (χ0n) is 15.1. The SMILES string of the molecule is COc1ccccc1-n1cnnc1SCC(=O)Nc1ccc([N+](=O)[O-])cc1C#N. The maximum Gasteiger partial charge on any atom is 0.270 e. The van der Waals surface area contributed by atoms with Gasteiger partial charge < -0.3 is 10.1 Å². The number of para-hydroxylation sites is 2. The highest BCUT2D eigenvalue weighted by Crippen LogP contribution is 2.27. The molecule has 1 N–H and O–H groups in total. The zero-order chi connectivity index (χ0) is 20.8. The Labute approximate surface area is 169 Å². The number of amides is 1.